The van der Waals surface area contributed by atoms with E-state index in [1.165, 1.54) is 4.57 Å². The third kappa shape index (κ3) is 4.51. The molecule has 160 valence electrons. The van der Waals surface area contributed by atoms with E-state index < -0.39 is 15.8 Å². The van der Waals surface area contributed by atoms with E-state index in [0.717, 1.165) is 11.8 Å². The number of sulfonamides is 1. The van der Waals surface area contributed by atoms with Gasteiger partial charge in [0.2, 0.25) is 16.0 Å². The van der Waals surface area contributed by atoms with E-state index in [2.05, 4.69) is 25.3 Å². The van der Waals surface area contributed by atoms with Gasteiger partial charge < -0.3 is 15.1 Å². The molecule has 31 heavy (non-hydrogen) atoms. The molecule has 0 saturated heterocycles. The molecule has 0 amide bonds. The summed E-state index contributed by atoms with van der Waals surface area (Å²) in [5, 5.41) is 6.23. The lowest BCUT2D eigenvalue weighted by atomic mass is 10.2. The van der Waals surface area contributed by atoms with Crippen LogP contribution in [-0.4, -0.2) is 29.2 Å². The van der Waals surface area contributed by atoms with Crippen LogP contribution in [0, 0.1) is 6.92 Å². The van der Waals surface area contributed by atoms with Crippen molar-refractivity contribution in [1.29, 1.82) is 0 Å². The molecule has 4 aromatic rings. The van der Waals surface area contributed by atoms with E-state index in [0.29, 0.717) is 34.0 Å². The molecule has 4 rings (SSSR count). The first-order chi connectivity index (χ1) is 14.7. The van der Waals surface area contributed by atoms with Crippen molar-refractivity contribution in [3.8, 4) is 0 Å². The molecule has 0 saturated carbocycles. The van der Waals surface area contributed by atoms with Crippen LogP contribution >= 0.6 is 0 Å². The van der Waals surface area contributed by atoms with E-state index in [4.69, 9.17) is 4.42 Å². The van der Waals surface area contributed by atoms with Crippen LogP contribution in [0.4, 0.5) is 28.8 Å². The van der Waals surface area contributed by atoms with Crippen LogP contribution in [0.1, 0.15) is 5.56 Å². The van der Waals surface area contributed by atoms with Gasteiger partial charge in [0, 0.05) is 30.6 Å². The summed E-state index contributed by atoms with van der Waals surface area (Å²) in [4.78, 5) is 20.5. The van der Waals surface area contributed by atoms with Crippen LogP contribution in [0.5, 0.6) is 0 Å². The summed E-state index contributed by atoms with van der Waals surface area (Å²) >= 11 is 0. The van der Waals surface area contributed by atoms with Crippen molar-refractivity contribution >= 4 is 50.0 Å². The number of anilines is 5. The summed E-state index contributed by atoms with van der Waals surface area (Å²) in [6.45, 7) is 1.85. The maximum Gasteiger partial charge on any atom is 0.419 e. The lowest BCUT2D eigenvalue weighted by Gasteiger charge is -2.13. The van der Waals surface area contributed by atoms with Crippen molar-refractivity contribution in [1.82, 2.24) is 14.5 Å². The SMILES string of the molecule is Cc1cnc(Nc2ccccc2NS(C)(=O)=O)nc1Nc1ccc2c(c1)oc(=O)n2C. The first-order valence-electron chi connectivity index (χ1n) is 9.24. The summed E-state index contributed by atoms with van der Waals surface area (Å²) in [6.07, 6.45) is 2.73. The molecule has 11 heteroatoms. The standard InChI is InChI=1S/C20H20N6O4S/c1-12-11-21-19(23-14-6-4-5-7-15(14)25-31(3,28)29)24-18(12)22-13-8-9-16-17(10-13)30-20(27)26(16)2/h4-11,25H,1-3H3,(H2,21,22,23,24). The third-order valence-electron chi connectivity index (χ3n) is 4.50. The maximum absolute atomic E-state index is 11.7. The van der Waals surface area contributed by atoms with E-state index >= 15 is 0 Å². The van der Waals surface area contributed by atoms with Gasteiger partial charge in [0.1, 0.15) is 5.82 Å². The fraction of sp³-hybridized carbons (Fsp3) is 0.150. The highest BCUT2D eigenvalue weighted by molar-refractivity contribution is 7.92. The molecule has 10 nitrogen and oxygen atoms in total. The Bertz CT molecular complexity index is 1440. The summed E-state index contributed by atoms with van der Waals surface area (Å²) in [5.74, 6) is 0.394. The molecule has 0 unspecified atom stereocenters. The van der Waals surface area contributed by atoms with Gasteiger partial charge in [-0.1, -0.05) is 12.1 Å². The molecule has 0 spiro atoms. The number of para-hydroxylation sites is 2. The minimum absolute atomic E-state index is 0.281. The molecule has 3 N–H and O–H groups in total. The monoisotopic (exact) mass is 440 g/mol. The van der Waals surface area contributed by atoms with Crippen LogP contribution < -0.4 is 21.1 Å². The van der Waals surface area contributed by atoms with Crippen molar-refractivity contribution in [2.75, 3.05) is 21.6 Å². The molecule has 0 atom stereocenters. The second-order valence-corrected chi connectivity index (χ2v) is 8.75. The zero-order valence-electron chi connectivity index (χ0n) is 17.0. The Hall–Kier alpha value is -3.86. The Morgan fingerprint density at radius 3 is 2.55 bits per heavy atom. The number of nitrogens with zero attached hydrogens (tertiary/aromatic N) is 3. The first-order valence-corrected chi connectivity index (χ1v) is 11.1. The molecular weight excluding hydrogens is 420 g/mol. The predicted octanol–water partition coefficient (Wildman–Crippen LogP) is 3.09. The minimum atomic E-state index is -3.44. The van der Waals surface area contributed by atoms with Gasteiger partial charge in [0.05, 0.1) is 23.1 Å². The summed E-state index contributed by atoms with van der Waals surface area (Å²) in [6, 6.07) is 12.2. The molecule has 0 aliphatic rings. The Balaban J connectivity index is 1.62. The van der Waals surface area contributed by atoms with Gasteiger partial charge >= 0.3 is 5.76 Å². The molecule has 0 fully saturated rings. The third-order valence-corrected chi connectivity index (χ3v) is 5.09. The molecule has 2 aromatic carbocycles. The number of aromatic nitrogens is 3. The van der Waals surface area contributed by atoms with Crippen molar-refractivity contribution < 1.29 is 12.8 Å². The van der Waals surface area contributed by atoms with E-state index in [-0.39, 0.29) is 5.95 Å². The number of hydrogen-bond donors (Lipinski definition) is 3. The number of hydrogen-bond acceptors (Lipinski definition) is 8. The van der Waals surface area contributed by atoms with Gasteiger partial charge in [0.25, 0.3) is 0 Å². The summed E-state index contributed by atoms with van der Waals surface area (Å²) in [5.41, 5.74) is 3.52. The highest BCUT2D eigenvalue weighted by Crippen LogP contribution is 2.27. The summed E-state index contributed by atoms with van der Waals surface area (Å²) in [7, 11) is -1.80. The first kappa shape index (κ1) is 20.4. The van der Waals surface area contributed by atoms with Crippen LogP contribution in [-0.2, 0) is 17.1 Å². The number of aryl methyl sites for hydroxylation is 2. The molecular formula is C20H20N6O4S. The van der Waals surface area contributed by atoms with Crippen LogP contribution in [0.25, 0.3) is 11.1 Å². The number of oxazole rings is 1. The van der Waals surface area contributed by atoms with Gasteiger partial charge in [-0.15, -0.1) is 0 Å². The second kappa shape index (κ2) is 7.76. The number of nitrogens with one attached hydrogen (secondary N) is 3. The Morgan fingerprint density at radius 1 is 1.06 bits per heavy atom. The molecule has 0 aliphatic heterocycles. The Morgan fingerprint density at radius 2 is 1.81 bits per heavy atom. The van der Waals surface area contributed by atoms with Crippen molar-refractivity contribution in [2.24, 2.45) is 7.05 Å². The largest absolute Gasteiger partial charge is 0.419 e. The summed E-state index contributed by atoms with van der Waals surface area (Å²) < 4.78 is 32.3. The smallest absolute Gasteiger partial charge is 0.408 e. The van der Waals surface area contributed by atoms with Gasteiger partial charge in [0.15, 0.2) is 5.58 Å². The second-order valence-electron chi connectivity index (χ2n) is 7.00. The number of benzene rings is 2. The van der Waals surface area contributed by atoms with Crippen LogP contribution in [0.2, 0.25) is 0 Å². The lowest BCUT2D eigenvalue weighted by Crippen LogP contribution is -2.11. The Kier molecular flexibility index (Phi) is 5.11. The highest BCUT2D eigenvalue weighted by atomic mass is 32.2. The molecule has 2 heterocycles. The van der Waals surface area contributed by atoms with Gasteiger partial charge in [-0.3, -0.25) is 9.29 Å². The lowest BCUT2D eigenvalue weighted by molar-refractivity contribution is 0.528. The van der Waals surface area contributed by atoms with E-state index in [1.54, 1.807) is 49.6 Å². The Labute approximate surface area is 178 Å². The van der Waals surface area contributed by atoms with Crippen LogP contribution in [0.3, 0.4) is 0 Å². The fourth-order valence-corrected chi connectivity index (χ4v) is 3.56. The normalized spacial score (nSPS) is 11.5. The van der Waals surface area contributed by atoms with Crippen molar-refractivity contribution in [2.45, 2.75) is 6.92 Å². The number of fused-ring (bicyclic) bond motifs is 1. The average molecular weight is 440 g/mol. The highest BCUT2D eigenvalue weighted by Gasteiger charge is 2.11. The van der Waals surface area contributed by atoms with Crippen molar-refractivity contribution in [3.63, 3.8) is 0 Å². The van der Waals surface area contributed by atoms with E-state index in [9.17, 15) is 13.2 Å². The predicted molar refractivity (Wildman–Crippen MR) is 120 cm³/mol. The molecule has 0 radical (unpaired) electrons. The van der Waals surface area contributed by atoms with Crippen molar-refractivity contribution in [3.05, 3.63) is 64.8 Å². The average Bonchev–Trinajstić information content (AvgIpc) is 2.98. The van der Waals surface area contributed by atoms with Gasteiger partial charge in [-0.05, 0) is 31.2 Å². The van der Waals surface area contributed by atoms with Crippen LogP contribution in [0.15, 0.2) is 57.9 Å². The maximum atomic E-state index is 11.7. The quantitative estimate of drug-likeness (QED) is 0.417. The molecule has 0 aliphatic carbocycles. The minimum Gasteiger partial charge on any atom is -0.408 e. The van der Waals surface area contributed by atoms with Gasteiger partial charge in [-0.25, -0.2) is 18.2 Å². The fourth-order valence-electron chi connectivity index (χ4n) is 2.98. The van der Waals surface area contributed by atoms with Gasteiger partial charge in [-0.2, -0.15) is 4.98 Å². The van der Waals surface area contributed by atoms with E-state index in [1.807, 2.05) is 13.0 Å². The molecule has 2 aromatic heterocycles. The molecule has 0 bridgehead atoms. The zero-order valence-corrected chi connectivity index (χ0v) is 17.8. The zero-order chi connectivity index (χ0) is 22.2. The topological polar surface area (TPSA) is 131 Å². The number of rotatable bonds is 6.